The van der Waals surface area contributed by atoms with E-state index in [1.54, 1.807) is 11.3 Å². The lowest BCUT2D eigenvalue weighted by atomic mass is 9.85. The first-order valence-electron chi connectivity index (χ1n) is 8.29. The molecule has 2 unspecified atom stereocenters. The van der Waals surface area contributed by atoms with Gasteiger partial charge in [0.1, 0.15) is 0 Å². The van der Waals surface area contributed by atoms with E-state index < -0.39 is 0 Å². The van der Waals surface area contributed by atoms with E-state index in [0.29, 0.717) is 0 Å². The van der Waals surface area contributed by atoms with Crippen molar-refractivity contribution in [1.82, 2.24) is 9.88 Å². The van der Waals surface area contributed by atoms with E-state index in [2.05, 4.69) is 43.1 Å². The van der Waals surface area contributed by atoms with Crippen molar-refractivity contribution in [3.05, 3.63) is 16.1 Å². The van der Waals surface area contributed by atoms with Crippen LogP contribution in [0.4, 0.5) is 0 Å². The Kier molecular flexibility index (Phi) is 5.81. The lowest BCUT2D eigenvalue weighted by Gasteiger charge is -2.40. The van der Waals surface area contributed by atoms with Gasteiger partial charge in [-0.1, -0.05) is 26.7 Å². The molecule has 1 fully saturated rings. The van der Waals surface area contributed by atoms with Crippen LogP contribution >= 0.6 is 11.3 Å². The van der Waals surface area contributed by atoms with Crippen molar-refractivity contribution < 1.29 is 0 Å². The molecule has 1 saturated carbocycles. The molecule has 1 heterocycles. The summed E-state index contributed by atoms with van der Waals surface area (Å²) >= 11 is 1.74. The van der Waals surface area contributed by atoms with E-state index in [4.69, 9.17) is 5.73 Å². The summed E-state index contributed by atoms with van der Waals surface area (Å²) < 4.78 is 0. The van der Waals surface area contributed by atoms with Crippen molar-refractivity contribution in [2.24, 2.45) is 17.6 Å². The Labute approximate surface area is 133 Å². The lowest BCUT2D eigenvalue weighted by Crippen LogP contribution is -2.51. The summed E-state index contributed by atoms with van der Waals surface area (Å²) in [4.78, 5) is 7.09. The molecule has 0 spiro atoms. The third-order valence-electron chi connectivity index (χ3n) is 5.40. The molecular formula is C17H31N3S. The van der Waals surface area contributed by atoms with Crippen molar-refractivity contribution in [3.63, 3.8) is 0 Å². The van der Waals surface area contributed by atoms with Gasteiger partial charge < -0.3 is 5.73 Å². The van der Waals surface area contributed by atoms with Crippen molar-refractivity contribution in [1.29, 1.82) is 0 Å². The number of nitrogens with zero attached hydrogens (tertiary/aromatic N) is 2. The highest BCUT2D eigenvalue weighted by molar-refractivity contribution is 7.09. The van der Waals surface area contributed by atoms with Gasteiger partial charge in [0.05, 0.1) is 10.7 Å². The fourth-order valence-electron chi connectivity index (χ4n) is 3.72. The molecular weight excluding hydrogens is 278 g/mol. The second kappa shape index (κ2) is 7.21. The zero-order valence-electron chi connectivity index (χ0n) is 14.1. The minimum atomic E-state index is 0.168. The molecule has 1 aromatic heterocycles. The van der Waals surface area contributed by atoms with E-state index in [1.165, 1.54) is 37.8 Å². The maximum atomic E-state index is 6.23. The van der Waals surface area contributed by atoms with Gasteiger partial charge in [0.2, 0.25) is 0 Å². The monoisotopic (exact) mass is 309 g/mol. The average molecular weight is 310 g/mol. The predicted molar refractivity (Wildman–Crippen MR) is 91.5 cm³/mol. The maximum absolute atomic E-state index is 6.23. The first-order chi connectivity index (χ1) is 9.97. The molecule has 0 aliphatic heterocycles. The molecule has 3 nitrogen and oxygen atoms in total. The summed E-state index contributed by atoms with van der Waals surface area (Å²) in [5.41, 5.74) is 7.59. The van der Waals surface area contributed by atoms with Gasteiger partial charge >= 0.3 is 0 Å². The summed E-state index contributed by atoms with van der Waals surface area (Å²) in [6.07, 6.45) is 6.44. The van der Waals surface area contributed by atoms with Crippen molar-refractivity contribution >= 4 is 11.3 Å². The Hall–Kier alpha value is -0.450. The molecule has 0 aromatic carbocycles. The number of nitrogens with two attached hydrogens (primary N) is 1. The van der Waals surface area contributed by atoms with Crippen LogP contribution in [0.15, 0.2) is 5.38 Å². The molecule has 0 bridgehead atoms. The van der Waals surface area contributed by atoms with E-state index in [-0.39, 0.29) is 5.54 Å². The fraction of sp³-hybridized carbons (Fsp3) is 0.824. The van der Waals surface area contributed by atoms with Crippen LogP contribution in [-0.4, -0.2) is 29.0 Å². The minimum Gasteiger partial charge on any atom is -0.329 e. The number of aryl methyl sites for hydroxylation is 1. The number of likely N-dealkylation sites (N-methyl/N-ethyl adjacent to an activating group) is 1. The lowest BCUT2D eigenvalue weighted by molar-refractivity contribution is 0.0964. The summed E-state index contributed by atoms with van der Waals surface area (Å²) in [5, 5.41) is 3.34. The van der Waals surface area contributed by atoms with Crippen LogP contribution in [0.25, 0.3) is 0 Å². The normalized spacial score (nSPS) is 27.3. The van der Waals surface area contributed by atoms with Crippen molar-refractivity contribution in [2.45, 2.75) is 65.0 Å². The molecule has 2 rings (SSSR count). The highest BCUT2D eigenvalue weighted by Gasteiger charge is 2.36. The third kappa shape index (κ3) is 4.05. The van der Waals surface area contributed by atoms with E-state index in [1.807, 2.05) is 0 Å². The number of hydrogen-bond donors (Lipinski definition) is 1. The number of rotatable bonds is 5. The number of thiazole rings is 1. The van der Waals surface area contributed by atoms with Gasteiger partial charge in [0.25, 0.3) is 0 Å². The van der Waals surface area contributed by atoms with Crippen LogP contribution < -0.4 is 5.73 Å². The summed E-state index contributed by atoms with van der Waals surface area (Å²) in [7, 11) is 2.23. The topological polar surface area (TPSA) is 42.2 Å². The number of aromatic nitrogens is 1. The Morgan fingerprint density at radius 3 is 2.76 bits per heavy atom. The largest absolute Gasteiger partial charge is 0.329 e. The molecule has 0 saturated heterocycles. The van der Waals surface area contributed by atoms with Gasteiger partial charge in [0.15, 0.2) is 0 Å². The van der Waals surface area contributed by atoms with Crippen LogP contribution in [0, 0.1) is 18.8 Å². The molecule has 1 aromatic rings. The van der Waals surface area contributed by atoms with Crippen LogP contribution in [-0.2, 0) is 6.54 Å². The van der Waals surface area contributed by atoms with E-state index >= 15 is 0 Å². The summed E-state index contributed by atoms with van der Waals surface area (Å²) in [6.45, 7) is 8.49. The van der Waals surface area contributed by atoms with E-state index in [0.717, 1.165) is 29.9 Å². The Morgan fingerprint density at radius 2 is 2.19 bits per heavy atom. The van der Waals surface area contributed by atoms with Crippen molar-refractivity contribution in [2.75, 3.05) is 13.6 Å². The highest BCUT2D eigenvalue weighted by Crippen LogP contribution is 2.37. The quantitative estimate of drug-likeness (QED) is 0.841. The van der Waals surface area contributed by atoms with Crippen LogP contribution in [0.2, 0.25) is 0 Å². The molecule has 1 aliphatic rings. The third-order valence-corrected chi connectivity index (χ3v) is 6.22. The smallest absolute Gasteiger partial charge is 0.0897 e. The average Bonchev–Trinajstić information content (AvgIpc) is 2.74. The van der Waals surface area contributed by atoms with Crippen LogP contribution in [0.3, 0.4) is 0 Å². The summed E-state index contributed by atoms with van der Waals surface area (Å²) in [5.74, 6) is 1.67. The Morgan fingerprint density at radius 1 is 1.43 bits per heavy atom. The Bertz CT molecular complexity index is 443. The standard InChI is InChI=1S/C17H31N3S/c1-13(2)15-6-5-8-17(12-18,9-7-15)20(4)10-16-11-21-14(3)19-16/h11,13,15H,5-10,12,18H2,1-4H3. The second-order valence-electron chi connectivity index (χ2n) is 7.08. The molecule has 21 heavy (non-hydrogen) atoms. The Balaban J connectivity index is 2.05. The minimum absolute atomic E-state index is 0.168. The highest BCUT2D eigenvalue weighted by atomic mass is 32.1. The molecule has 1 aliphatic carbocycles. The number of hydrogen-bond acceptors (Lipinski definition) is 4. The fourth-order valence-corrected chi connectivity index (χ4v) is 4.32. The molecule has 2 atom stereocenters. The van der Waals surface area contributed by atoms with Gasteiger partial charge in [-0.05, 0) is 45.1 Å². The first kappa shape index (κ1) is 16.9. The van der Waals surface area contributed by atoms with Gasteiger partial charge in [-0.15, -0.1) is 11.3 Å². The van der Waals surface area contributed by atoms with Crippen LogP contribution in [0.5, 0.6) is 0 Å². The van der Waals surface area contributed by atoms with Gasteiger partial charge in [-0.2, -0.15) is 0 Å². The van der Waals surface area contributed by atoms with Gasteiger partial charge in [-0.25, -0.2) is 4.98 Å². The maximum Gasteiger partial charge on any atom is 0.0897 e. The first-order valence-corrected chi connectivity index (χ1v) is 9.17. The molecule has 4 heteroatoms. The molecule has 0 amide bonds. The SMILES string of the molecule is Cc1nc(CN(C)C2(CN)CCCC(C(C)C)CC2)cs1. The van der Waals surface area contributed by atoms with Gasteiger partial charge in [0, 0.05) is 24.0 Å². The van der Waals surface area contributed by atoms with E-state index in [9.17, 15) is 0 Å². The predicted octanol–water partition coefficient (Wildman–Crippen LogP) is 3.82. The zero-order chi connectivity index (χ0) is 15.5. The van der Waals surface area contributed by atoms with Crippen LogP contribution in [0.1, 0.15) is 56.7 Å². The molecule has 120 valence electrons. The molecule has 2 N–H and O–H groups in total. The molecule has 0 radical (unpaired) electrons. The van der Waals surface area contributed by atoms with Gasteiger partial charge in [-0.3, -0.25) is 4.90 Å². The second-order valence-corrected chi connectivity index (χ2v) is 8.14. The summed E-state index contributed by atoms with van der Waals surface area (Å²) in [6, 6.07) is 0. The van der Waals surface area contributed by atoms with Crippen molar-refractivity contribution in [3.8, 4) is 0 Å². The zero-order valence-corrected chi connectivity index (χ0v) is 14.9.